The van der Waals surface area contributed by atoms with Crippen LogP contribution in [-0.4, -0.2) is 21.4 Å². The van der Waals surface area contributed by atoms with Gasteiger partial charge in [-0.25, -0.2) is 4.98 Å². The van der Waals surface area contributed by atoms with E-state index in [9.17, 15) is 10.1 Å². The van der Waals surface area contributed by atoms with E-state index < -0.39 is 4.92 Å². The van der Waals surface area contributed by atoms with Crippen molar-refractivity contribution in [3.8, 4) is 0 Å². The fraction of sp³-hybridized carbons (Fsp3) is 0.600. The van der Waals surface area contributed by atoms with Crippen molar-refractivity contribution < 1.29 is 4.92 Å². The molecule has 1 aromatic rings. The maximum Gasteiger partial charge on any atom is 0.332 e. The predicted octanol–water partition coefficient (Wildman–Crippen LogP) is 1.49. The molecule has 2 rings (SSSR count). The zero-order chi connectivity index (χ0) is 12.4. The van der Waals surface area contributed by atoms with Crippen LogP contribution in [0, 0.1) is 23.0 Å². The monoisotopic (exact) mass is 237 g/mol. The molecule has 0 radical (unpaired) electrons. The van der Waals surface area contributed by atoms with E-state index in [0.29, 0.717) is 6.54 Å². The normalized spacial score (nSPS) is 14.6. The van der Waals surface area contributed by atoms with Gasteiger partial charge in [0.2, 0.25) is 11.8 Å². The van der Waals surface area contributed by atoms with E-state index in [1.54, 1.807) is 6.92 Å². The summed E-state index contributed by atoms with van der Waals surface area (Å²) in [7, 11) is 0. The van der Waals surface area contributed by atoms with Crippen LogP contribution in [0.2, 0.25) is 0 Å². The Morgan fingerprint density at radius 1 is 1.53 bits per heavy atom. The first-order valence-corrected chi connectivity index (χ1v) is 5.60. The summed E-state index contributed by atoms with van der Waals surface area (Å²) in [6.07, 6.45) is 3.53. The molecule has 17 heavy (non-hydrogen) atoms. The third-order valence-corrected chi connectivity index (χ3v) is 2.80. The van der Waals surface area contributed by atoms with Gasteiger partial charge >= 0.3 is 5.69 Å². The highest BCUT2D eigenvalue weighted by molar-refractivity contribution is 5.60. The zero-order valence-corrected chi connectivity index (χ0v) is 9.64. The first kappa shape index (κ1) is 11.6. The number of hydrogen-bond donors (Lipinski definition) is 2. The Morgan fingerprint density at radius 3 is 2.82 bits per heavy atom. The third kappa shape index (κ3) is 2.80. The highest BCUT2D eigenvalue weighted by Gasteiger charge is 2.23. The van der Waals surface area contributed by atoms with Gasteiger partial charge in [0.05, 0.1) is 4.92 Å². The predicted molar refractivity (Wildman–Crippen MR) is 63.7 cm³/mol. The maximum absolute atomic E-state index is 10.9. The van der Waals surface area contributed by atoms with E-state index in [4.69, 9.17) is 5.73 Å². The Morgan fingerprint density at radius 2 is 2.24 bits per heavy atom. The first-order valence-electron chi connectivity index (χ1n) is 5.60. The molecule has 7 nitrogen and oxygen atoms in total. The summed E-state index contributed by atoms with van der Waals surface area (Å²) < 4.78 is 0. The highest BCUT2D eigenvalue weighted by Crippen LogP contribution is 2.32. The lowest BCUT2D eigenvalue weighted by Gasteiger charge is -2.07. The van der Waals surface area contributed by atoms with Gasteiger partial charge in [0.15, 0.2) is 0 Å². The van der Waals surface area contributed by atoms with Gasteiger partial charge in [-0.3, -0.25) is 10.1 Å². The van der Waals surface area contributed by atoms with Crippen LogP contribution in [0.3, 0.4) is 0 Å². The summed E-state index contributed by atoms with van der Waals surface area (Å²) in [4.78, 5) is 18.1. The van der Waals surface area contributed by atoms with Crippen LogP contribution < -0.4 is 11.1 Å². The Balaban J connectivity index is 2.14. The smallest absolute Gasteiger partial charge is 0.332 e. The van der Waals surface area contributed by atoms with E-state index in [1.165, 1.54) is 12.8 Å². The van der Waals surface area contributed by atoms with Crippen molar-refractivity contribution in [2.45, 2.75) is 26.2 Å². The summed E-state index contributed by atoms with van der Waals surface area (Å²) in [5, 5.41) is 13.9. The number of nitrogens with one attached hydrogen (secondary N) is 1. The fourth-order valence-corrected chi connectivity index (χ4v) is 1.73. The molecule has 1 aromatic heterocycles. The molecule has 0 bridgehead atoms. The summed E-state index contributed by atoms with van der Waals surface area (Å²) >= 11 is 0. The van der Waals surface area contributed by atoms with Crippen LogP contribution in [0.1, 0.15) is 25.0 Å². The quantitative estimate of drug-likeness (QED) is 0.593. The second kappa shape index (κ2) is 4.52. The van der Waals surface area contributed by atoms with Crippen LogP contribution >= 0.6 is 0 Å². The van der Waals surface area contributed by atoms with Crippen LogP contribution in [0.25, 0.3) is 0 Å². The minimum absolute atomic E-state index is 0.0574. The topological polar surface area (TPSA) is 107 Å². The Hall–Kier alpha value is -1.92. The lowest BCUT2D eigenvalue weighted by molar-refractivity contribution is -0.385. The van der Waals surface area contributed by atoms with Crippen molar-refractivity contribution in [1.82, 2.24) is 9.97 Å². The second-order valence-electron chi connectivity index (χ2n) is 4.28. The molecule has 1 aliphatic carbocycles. The van der Waals surface area contributed by atoms with E-state index in [-0.39, 0.29) is 23.1 Å². The zero-order valence-electron chi connectivity index (χ0n) is 9.64. The Kier molecular flexibility index (Phi) is 3.08. The molecule has 0 aliphatic heterocycles. The van der Waals surface area contributed by atoms with E-state index >= 15 is 0 Å². The number of nitro groups is 1. The molecule has 1 saturated carbocycles. The minimum Gasteiger partial charge on any atom is -0.368 e. The summed E-state index contributed by atoms with van der Waals surface area (Å²) in [5.41, 5.74) is 5.69. The van der Waals surface area contributed by atoms with Crippen LogP contribution in [-0.2, 0) is 0 Å². The number of anilines is 2. The summed E-state index contributed by atoms with van der Waals surface area (Å²) in [5.74, 6) is 1.05. The second-order valence-corrected chi connectivity index (χ2v) is 4.28. The average molecular weight is 237 g/mol. The van der Waals surface area contributed by atoms with Gasteiger partial charge < -0.3 is 11.1 Å². The molecule has 0 saturated heterocycles. The van der Waals surface area contributed by atoms with Crippen LogP contribution in [0.5, 0.6) is 0 Å². The number of aromatic nitrogens is 2. The fourth-order valence-electron chi connectivity index (χ4n) is 1.73. The largest absolute Gasteiger partial charge is 0.368 e. The number of nitrogens with zero attached hydrogens (tertiary/aromatic N) is 3. The van der Waals surface area contributed by atoms with E-state index in [1.807, 2.05) is 0 Å². The van der Waals surface area contributed by atoms with Crippen molar-refractivity contribution in [2.24, 2.45) is 5.92 Å². The van der Waals surface area contributed by atoms with Crippen molar-refractivity contribution >= 4 is 17.5 Å². The van der Waals surface area contributed by atoms with Gasteiger partial charge in [-0.15, -0.1) is 0 Å². The van der Waals surface area contributed by atoms with E-state index in [0.717, 1.165) is 12.3 Å². The Bertz CT molecular complexity index is 445. The van der Waals surface area contributed by atoms with Gasteiger partial charge in [0.1, 0.15) is 5.69 Å². The molecule has 1 fully saturated rings. The SMILES string of the molecule is Cc1nc(N)nc(NCCC2CC2)c1[N+](=O)[O-]. The number of hydrogen-bond acceptors (Lipinski definition) is 6. The van der Waals surface area contributed by atoms with Crippen LogP contribution in [0.4, 0.5) is 17.5 Å². The molecule has 0 atom stereocenters. The van der Waals surface area contributed by atoms with Crippen molar-refractivity contribution in [2.75, 3.05) is 17.6 Å². The molecular formula is C10H15N5O2. The lowest BCUT2D eigenvalue weighted by atomic mass is 10.3. The van der Waals surface area contributed by atoms with Gasteiger partial charge in [-0.1, -0.05) is 12.8 Å². The number of nitrogens with two attached hydrogens (primary N) is 1. The first-order chi connectivity index (χ1) is 8.08. The van der Waals surface area contributed by atoms with E-state index in [2.05, 4.69) is 15.3 Å². The maximum atomic E-state index is 10.9. The van der Waals surface area contributed by atoms with Gasteiger partial charge in [0, 0.05) is 6.54 Å². The average Bonchev–Trinajstić information content (AvgIpc) is 2.99. The summed E-state index contributed by atoms with van der Waals surface area (Å²) in [6, 6.07) is 0. The molecule has 1 heterocycles. The van der Waals surface area contributed by atoms with Gasteiger partial charge in [-0.2, -0.15) is 4.98 Å². The number of nitrogen functional groups attached to an aromatic ring is 1. The number of aryl methyl sites for hydroxylation is 1. The molecule has 0 spiro atoms. The highest BCUT2D eigenvalue weighted by atomic mass is 16.6. The molecule has 1 aliphatic rings. The number of rotatable bonds is 5. The molecule has 3 N–H and O–H groups in total. The van der Waals surface area contributed by atoms with Gasteiger partial charge in [-0.05, 0) is 19.3 Å². The minimum atomic E-state index is -0.478. The Labute approximate surface area is 98.6 Å². The van der Waals surface area contributed by atoms with Crippen molar-refractivity contribution in [3.05, 3.63) is 15.8 Å². The molecule has 7 heteroatoms. The van der Waals surface area contributed by atoms with Gasteiger partial charge in [0.25, 0.3) is 0 Å². The third-order valence-electron chi connectivity index (χ3n) is 2.80. The molecule has 0 unspecified atom stereocenters. The standard InChI is InChI=1S/C10H15N5O2/c1-6-8(15(16)17)9(14-10(11)13-6)12-5-4-7-2-3-7/h7H,2-5H2,1H3,(H3,11,12,13,14). The molecular weight excluding hydrogens is 222 g/mol. The lowest BCUT2D eigenvalue weighted by Crippen LogP contribution is -2.10. The molecule has 0 aromatic carbocycles. The van der Waals surface area contributed by atoms with Crippen molar-refractivity contribution in [1.29, 1.82) is 0 Å². The molecule has 92 valence electrons. The van der Waals surface area contributed by atoms with Crippen molar-refractivity contribution in [3.63, 3.8) is 0 Å². The summed E-state index contributed by atoms with van der Waals surface area (Å²) in [6.45, 7) is 2.24. The van der Waals surface area contributed by atoms with Crippen LogP contribution in [0.15, 0.2) is 0 Å². The molecule has 0 amide bonds.